The minimum Gasteiger partial charge on any atom is -0.489 e. The summed E-state index contributed by atoms with van der Waals surface area (Å²) in [5, 5.41) is 28.4. The molecule has 2 aromatic carbocycles. The van der Waals surface area contributed by atoms with E-state index in [2.05, 4.69) is 15.5 Å². The summed E-state index contributed by atoms with van der Waals surface area (Å²) >= 11 is 19.2. The smallest absolute Gasteiger partial charge is 0.266 e. The van der Waals surface area contributed by atoms with Crippen molar-refractivity contribution in [2.75, 3.05) is 30.3 Å². The molecule has 0 radical (unpaired) electrons. The standard InChI is InChI=1S/C30H27Cl3F2N4O7S/c31-21-10-18(45-12-19-26(38-46-27(19)15-1-2-15)25-22(32)8-17(34)9-23(25)33)3-4-20(21)30(41)13-39(14-30)28-24(35)7-16(11-37-28)29(40)36-5-6-47(42,43)44/h3-4,7-11,15,29,36,40-41H,1-2,5-6,12-14H2,(H,42,43,44). The van der Waals surface area contributed by atoms with Crippen molar-refractivity contribution in [3.05, 3.63) is 91.7 Å². The van der Waals surface area contributed by atoms with Crippen LogP contribution in [0.15, 0.2) is 47.1 Å². The van der Waals surface area contributed by atoms with Gasteiger partial charge in [0.2, 0.25) is 0 Å². The SMILES string of the molecule is O=S(=O)(O)CCNC(O)c1cnc(N2CC(O)(c3ccc(OCc4c(-c5c(Cl)cc(F)cc5Cl)noc4C4CC4)cc3Cl)C2)c(F)c1. The van der Waals surface area contributed by atoms with Gasteiger partial charge in [-0.25, -0.2) is 13.8 Å². The van der Waals surface area contributed by atoms with Gasteiger partial charge in [-0.2, -0.15) is 8.42 Å². The van der Waals surface area contributed by atoms with Crippen LogP contribution in [0.4, 0.5) is 14.6 Å². The van der Waals surface area contributed by atoms with Gasteiger partial charge < -0.3 is 24.4 Å². The molecule has 3 heterocycles. The first kappa shape index (κ1) is 33.8. The van der Waals surface area contributed by atoms with Crippen LogP contribution in [0.5, 0.6) is 5.75 Å². The molecule has 0 amide bonds. The van der Waals surface area contributed by atoms with Gasteiger partial charge in [-0.1, -0.05) is 46.0 Å². The number of anilines is 1. The zero-order valence-electron chi connectivity index (χ0n) is 24.3. The van der Waals surface area contributed by atoms with Gasteiger partial charge in [0.15, 0.2) is 11.6 Å². The van der Waals surface area contributed by atoms with Crippen LogP contribution < -0.4 is 15.0 Å². The number of hydrogen-bond donors (Lipinski definition) is 4. The summed E-state index contributed by atoms with van der Waals surface area (Å²) < 4.78 is 70.9. The second-order valence-electron chi connectivity index (χ2n) is 11.4. The van der Waals surface area contributed by atoms with Gasteiger partial charge in [0.25, 0.3) is 10.1 Å². The lowest BCUT2D eigenvalue weighted by Crippen LogP contribution is -2.60. The number of halogens is 5. The van der Waals surface area contributed by atoms with Crippen LogP contribution in [-0.4, -0.2) is 58.7 Å². The fourth-order valence-electron chi connectivity index (χ4n) is 5.39. The zero-order chi connectivity index (χ0) is 33.7. The van der Waals surface area contributed by atoms with E-state index in [1.54, 1.807) is 18.2 Å². The first-order valence-corrected chi connectivity index (χ1v) is 17.0. The van der Waals surface area contributed by atoms with Crippen LogP contribution >= 0.6 is 34.8 Å². The minimum atomic E-state index is -4.23. The van der Waals surface area contributed by atoms with Crippen molar-refractivity contribution in [3.63, 3.8) is 0 Å². The van der Waals surface area contributed by atoms with E-state index in [0.29, 0.717) is 33.9 Å². The van der Waals surface area contributed by atoms with Gasteiger partial charge in [-0.05, 0) is 43.2 Å². The molecule has 6 rings (SSSR count). The molecular weight excluding hydrogens is 705 g/mol. The highest BCUT2D eigenvalue weighted by molar-refractivity contribution is 7.85. The molecule has 1 saturated carbocycles. The molecule has 1 atom stereocenters. The number of nitrogens with zero attached hydrogens (tertiary/aromatic N) is 3. The van der Waals surface area contributed by atoms with E-state index in [-0.39, 0.29) is 58.6 Å². The quantitative estimate of drug-likeness (QED) is 0.106. The van der Waals surface area contributed by atoms with Gasteiger partial charge in [0, 0.05) is 35.3 Å². The Morgan fingerprint density at radius 3 is 2.43 bits per heavy atom. The third-order valence-corrected chi connectivity index (χ3v) is 9.53. The molecule has 17 heteroatoms. The maximum atomic E-state index is 14.9. The van der Waals surface area contributed by atoms with Crippen molar-refractivity contribution in [2.24, 2.45) is 0 Å². The van der Waals surface area contributed by atoms with Crippen LogP contribution in [0, 0.1) is 11.6 Å². The van der Waals surface area contributed by atoms with E-state index in [1.807, 2.05) is 0 Å². The fourth-order valence-corrected chi connectivity index (χ4v) is 6.75. The molecule has 2 aromatic heterocycles. The fraction of sp³-hybridized carbons (Fsp3) is 0.333. The topological polar surface area (TPSA) is 158 Å². The third-order valence-electron chi connectivity index (χ3n) is 7.90. The molecule has 250 valence electrons. The number of ether oxygens (including phenoxy) is 1. The Morgan fingerprint density at radius 2 is 1.81 bits per heavy atom. The van der Waals surface area contributed by atoms with Crippen molar-refractivity contribution < 1.29 is 41.2 Å². The molecule has 1 saturated heterocycles. The second-order valence-corrected chi connectivity index (χ2v) is 14.2. The summed E-state index contributed by atoms with van der Waals surface area (Å²) in [4.78, 5) is 5.56. The molecular formula is C30H27Cl3F2N4O7S. The lowest BCUT2D eigenvalue weighted by atomic mass is 9.86. The second kappa shape index (κ2) is 13.1. The summed E-state index contributed by atoms with van der Waals surface area (Å²) in [7, 11) is -4.23. The molecule has 1 unspecified atom stereocenters. The Balaban J connectivity index is 1.12. The number of aliphatic hydroxyl groups excluding tert-OH is 1. The lowest BCUT2D eigenvalue weighted by molar-refractivity contribution is 0.00669. The highest BCUT2D eigenvalue weighted by Crippen LogP contribution is 2.46. The normalized spacial score (nSPS) is 16.6. The van der Waals surface area contributed by atoms with E-state index in [9.17, 15) is 27.4 Å². The highest BCUT2D eigenvalue weighted by Gasteiger charge is 2.45. The third kappa shape index (κ3) is 7.34. The number of aliphatic hydroxyl groups is 2. The summed E-state index contributed by atoms with van der Waals surface area (Å²) in [6.45, 7) is -0.303. The van der Waals surface area contributed by atoms with Crippen molar-refractivity contribution >= 4 is 50.7 Å². The summed E-state index contributed by atoms with van der Waals surface area (Å²) in [5.41, 5.74) is 0.326. The Hall–Kier alpha value is -3.08. The van der Waals surface area contributed by atoms with Gasteiger partial charge in [0.05, 0.1) is 39.5 Å². The Morgan fingerprint density at radius 1 is 1.11 bits per heavy atom. The molecule has 2 fully saturated rings. The summed E-state index contributed by atoms with van der Waals surface area (Å²) in [6, 6.07) is 8.12. The van der Waals surface area contributed by atoms with Crippen LogP contribution in [0.2, 0.25) is 15.1 Å². The maximum Gasteiger partial charge on any atom is 0.266 e. The van der Waals surface area contributed by atoms with Gasteiger partial charge in [-0.15, -0.1) is 0 Å². The van der Waals surface area contributed by atoms with E-state index in [4.69, 9.17) is 48.6 Å². The number of hydrogen-bond acceptors (Lipinski definition) is 10. The maximum absolute atomic E-state index is 14.9. The Kier molecular flexibility index (Phi) is 9.41. The molecule has 1 aliphatic heterocycles. The molecule has 4 N–H and O–H groups in total. The predicted octanol–water partition coefficient (Wildman–Crippen LogP) is 5.61. The number of nitrogens with one attached hydrogen (secondary N) is 1. The minimum absolute atomic E-state index is 0.0219. The van der Waals surface area contributed by atoms with Gasteiger partial charge >= 0.3 is 0 Å². The van der Waals surface area contributed by atoms with Crippen LogP contribution in [-0.2, 0) is 22.3 Å². The predicted molar refractivity (Wildman–Crippen MR) is 169 cm³/mol. The number of aromatic nitrogens is 2. The summed E-state index contributed by atoms with van der Waals surface area (Å²) in [6.07, 6.45) is 1.64. The monoisotopic (exact) mass is 730 g/mol. The molecule has 2 aliphatic rings. The molecule has 0 spiro atoms. The van der Waals surface area contributed by atoms with Crippen LogP contribution in [0.3, 0.4) is 0 Å². The number of pyridine rings is 1. The molecule has 47 heavy (non-hydrogen) atoms. The zero-order valence-corrected chi connectivity index (χ0v) is 27.3. The van der Waals surface area contributed by atoms with E-state index in [0.717, 1.165) is 31.0 Å². The van der Waals surface area contributed by atoms with Gasteiger partial charge in [0.1, 0.15) is 41.5 Å². The first-order valence-electron chi connectivity index (χ1n) is 14.3. The lowest BCUT2D eigenvalue weighted by Gasteiger charge is -2.47. The Labute approximate surface area is 282 Å². The van der Waals surface area contributed by atoms with Crippen LogP contribution in [0.1, 0.15) is 47.4 Å². The van der Waals surface area contributed by atoms with Crippen molar-refractivity contribution in [1.82, 2.24) is 15.5 Å². The number of rotatable bonds is 12. The van der Waals surface area contributed by atoms with Crippen molar-refractivity contribution in [1.29, 1.82) is 0 Å². The van der Waals surface area contributed by atoms with Crippen molar-refractivity contribution in [2.45, 2.75) is 37.2 Å². The molecule has 4 aromatic rings. The average molecular weight is 732 g/mol. The first-order chi connectivity index (χ1) is 22.2. The van der Waals surface area contributed by atoms with E-state index < -0.39 is 39.3 Å². The molecule has 11 nitrogen and oxygen atoms in total. The average Bonchev–Trinajstić information content (AvgIpc) is 3.73. The van der Waals surface area contributed by atoms with Crippen LogP contribution in [0.25, 0.3) is 11.3 Å². The largest absolute Gasteiger partial charge is 0.489 e. The molecule has 1 aliphatic carbocycles. The highest BCUT2D eigenvalue weighted by atomic mass is 35.5. The van der Waals surface area contributed by atoms with Crippen molar-refractivity contribution in [3.8, 4) is 17.0 Å². The summed E-state index contributed by atoms with van der Waals surface area (Å²) in [5.74, 6) is -0.847. The Bertz CT molecular complexity index is 1920. The number of β-amino-alcohol motifs (C(OH)–C–C–N with tert-alkyl or cyclic N) is 1. The van der Waals surface area contributed by atoms with E-state index >= 15 is 0 Å². The molecule has 0 bridgehead atoms. The van der Waals surface area contributed by atoms with Gasteiger partial charge in [-0.3, -0.25) is 9.87 Å². The number of benzene rings is 2. The van der Waals surface area contributed by atoms with E-state index in [1.165, 1.54) is 11.1 Å².